The van der Waals surface area contributed by atoms with Gasteiger partial charge in [-0.3, -0.25) is 9.09 Å². The highest BCUT2D eigenvalue weighted by molar-refractivity contribution is 7.53. The molecule has 1 aliphatic heterocycles. The summed E-state index contributed by atoms with van der Waals surface area (Å²) in [7, 11) is -3.34. The summed E-state index contributed by atoms with van der Waals surface area (Å²) in [5.41, 5.74) is -0.938. The van der Waals surface area contributed by atoms with Crippen molar-refractivity contribution in [2.24, 2.45) is 0 Å². The molecule has 0 aromatic carbocycles. The van der Waals surface area contributed by atoms with E-state index in [1.807, 2.05) is 48.5 Å². The Morgan fingerprint density at radius 3 is 2.22 bits per heavy atom. The zero-order valence-electron chi connectivity index (χ0n) is 15.7. The molecule has 1 saturated heterocycles. The summed E-state index contributed by atoms with van der Waals surface area (Å²) >= 11 is 0. The molecule has 0 aromatic rings. The molecule has 0 saturated carbocycles. The molecule has 0 bridgehead atoms. The normalized spacial score (nSPS) is 32.6. The first-order valence-electron chi connectivity index (χ1n) is 8.13. The Morgan fingerprint density at radius 2 is 1.74 bits per heavy atom. The van der Waals surface area contributed by atoms with E-state index in [9.17, 15) is 9.67 Å². The smallest absolute Gasteiger partial charge is 0.328 e. The lowest BCUT2D eigenvalue weighted by Crippen LogP contribution is -2.51. The van der Waals surface area contributed by atoms with E-state index in [2.05, 4.69) is 0 Å². The van der Waals surface area contributed by atoms with Gasteiger partial charge >= 0.3 is 7.60 Å². The Balaban J connectivity index is 2.82. The van der Waals surface area contributed by atoms with Crippen LogP contribution < -0.4 is 0 Å². The van der Waals surface area contributed by atoms with Crippen LogP contribution in [-0.4, -0.2) is 54.0 Å². The summed E-state index contributed by atoms with van der Waals surface area (Å²) < 4.78 is 35.4. The first-order chi connectivity index (χ1) is 10.2. The molecule has 0 aromatic heterocycles. The third-order valence-corrected chi connectivity index (χ3v) is 4.67. The van der Waals surface area contributed by atoms with E-state index in [0.29, 0.717) is 6.42 Å². The first kappa shape index (κ1) is 21.1. The number of hydrogen-bond donors (Lipinski definition) is 1. The number of ether oxygens (including phenoxy) is 2. The minimum atomic E-state index is -3.34. The number of aliphatic hydroxyl groups is 1. The monoisotopic (exact) mass is 352 g/mol. The second-order valence-electron chi connectivity index (χ2n) is 8.26. The van der Waals surface area contributed by atoms with Crippen LogP contribution in [0.1, 0.15) is 54.9 Å². The third-order valence-electron chi connectivity index (χ3n) is 3.16. The van der Waals surface area contributed by atoms with E-state index in [0.717, 1.165) is 0 Å². The molecule has 0 amide bonds. The molecule has 5 unspecified atom stereocenters. The molecule has 1 heterocycles. The number of rotatable bonds is 5. The quantitative estimate of drug-likeness (QED) is 0.765. The van der Waals surface area contributed by atoms with Crippen LogP contribution in [0.3, 0.4) is 0 Å². The van der Waals surface area contributed by atoms with E-state index < -0.39 is 31.5 Å². The fourth-order valence-corrected chi connectivity index (χ4v) is 4.25. The predicted molar refractivity (Wildman–Crippen MR) is 89.9 cm³/mol. The van der Waals surface area contributed by atoms with Crippen molar-refractivity contribution in [2.75, 3.05) is 13.3 Å². The van der Waals surface area contributed by atoms with Crippen molar-refractivity contribution < 1.29 is 28.2 Å². The van der Waals surface area contributed by atoms with Gasteiger partial charge < -0.3 is 19.1 Å². The Kier molecular flexibility index (Phi) is 6.88. The molecule has 23 heavy (non-hydrogen) atoms. The van der Waals surface area contributed by atoms with Crippen LogP contribution in [0.5, 0.6) is 0 Å². The lowest BCUT2D eigenvalue weighted by molar-refractivity contribution is -0.186. The Morgan fingerprint density at radius 1 is 1.17 bits per heavy atom. The number of aliphatic hydroxyl groups excluding tert-OH is 1. The molecular weight excluding hydrogens is 319 g/mol. The van der Waals surface area contributed by atoms with E-state index in [1.165, 1.54) is 6.66 Å². The fraction of sp³-hybridized carbons (Fsp3) is 1.00. The van der Waals surface area contributed by atoms with E-state index in [-0.39, 0.29) is 18.3 Å². The van der Waals surface area contributed by atoms with Crippen molar-refractivity contribution in [2.45, 2.75) is 90.5 Å². The Labute approximate surface area is 140 Å². The molecule has 7 heteroatoms. The van der Waals surface area contributed by atoms with Crippen LogP contribution >= 0.6 is 7.60 Å². The summed E-state index contributed by atoms with van der Waals surface area (Å²) in [4.78, 5) is 0. The van der Waals surface area contributed by atoms with E-state index in [4.69, 9.17) is 18.5 Å². The van der Waals surface area contributed by atoms with E-state index >= 15 is 0 Å². The summed E-state index contributed by atoms with van der Waals surface area (Å²) in [5, 5.41) is 10.4. The zero-order valence-corrected chi connectivity index (χ0v) is 16.6. The number of hydrogen-bond acceptors (Lipinski definition) is 6. The van der Waals surface area contributed by atoms with Gasteiger partial charge in [-0.25, -0.2) is 0 Å². The van der Waals surface area contributed by atoms with Crippen molar-refractivity contribution in [3.8, 4) is 0 Å². The van der Waals surface area contributed by atoms with Crippen molar-refractivity contribution in [1.82, 2.24) is 0 Å². The zero-order chi connectivity index (χ0) is 18.1. The molecule has 1 N–H and O–H groups in total. The molecule has 0 aliphatic carbocycles. The minimum absolute atomic E-state index is 0.113. The molecule has 1 rings (SSSR count). The van der Waals surface area contributed by atoms with Crippen molar-refractivity contribution in [1.29, 1.82) is 0 Å². The fourth-order valence-electron chi connectivity index (χ4n) is 2.50. The van der Waals surface area contributed by atoms with Crippen molar-refractivity contribution in [3.63, 3.8) is 0 Å². The van der Waals surface area contributed by atoms with Gasteiger partial charge in [0.05, 0.1) is 30.0 Å². The van der Waals surface area contributed by atoms with Crippen LogP contribution in [0.4, 0.5) is 0 Å². The van der Waals surface area contributed by atoms with Crippen molar-refractivity contribution in [3.05, 3.63) is 0 Å². The van der Waals surface area contributed by atoms with Gasteiger partial charge in [-0.05, 0) is 48.5 Å². The van der Waals surface area contributed by atoms with Gasteiger partial charge in [0.25, 0.3) is 0 Å². The van der Waals surface area contributed by atoms with Gasteiger partial charge in [0.1, 0.15) is 12.2 Å². The van der Waals surface area contributed by atoms with Gasteiger partial charge in [0.2, 0.25) is 0 Å². The maximum Gasteiger partial charge on any atom is 0.328 e. The molecule has 0 spiro atoms. The lowest BCUT2D eigenvalue weighted by atomic mass is 9.99. The van der Waals surface area contributed by atoms with Gasteiger partial charge in [-0.1, -0.05) is 0 Å². The topological polar surface area (TPSA) is 74.2 Å². The largest absolute Gasteiger partial charge is 0.390 e. The Bertz CT molecular complexity index is 425. The summed E-state index contributed by atoms with van der Waals surface area (Å²) in [6.45, 7) is 14.8. The molecule has 1 aliphatic rings. The maximum atomic E-state index is 12.6. The van der Waals surface area contributed by atoms with Gasteiger partial charge in [0, 0.05) is 13.1 Å². The third kappa shape index (κ3) is 8.10. The van der Waals surface area contributed by atoms with Crippen molar-refractivity contribution >= 4 is 7.60 Å². The van der Waals surface area contributed by atoms with Gasteiger partial charge in [0.15, 0.2) is 0 Å². The van der Waals surface area contributed by atoms with Crippen LogP contribution in [0, 0.1) is 0 Å². The molecule has 6 nitrogen and oxygen atoms in total. The lowest BCUT2D eigenvalue weighted by Gasteiger charge is -2.40. The molecule has 138 valence electrons. The summed E-state index contributed by atoms with van der Waals surface area (Å²) in [6, 6.07) is 0. The van der Waals surface area contributed by atoms with Crippen LogP contribution in [0.25, 0.3) is 0 Å². The summed E-state index contributed by atoms with van der Waals surface area (Å²) in [6.07, 6.45) is -1.70. The van der Waals surface area contributed by atoms with Gasteiger partial charge in [-0.15, -0.1) is 0 Å². The standard InChI is InChI=1S/C16H33O6P/c1-11-9-12(17)14(13(20-11)10-19-15(2,3)4)21-23(8,18)22-16(5,6)7/h11-14,17H,9-10H2,1-8H3. The average molecular weight is 352 g/mol. The van der Waals surface area contributed by atoms with Crippen LogP contribution in [-0.2, 0) is 23.1 Å². The molecular formula is C16H33O6P. The highest BCUT2D eigenvalue weighted by Crippen LogP contribution is 2.50. The Hall–Kier alpha value is 0.0300. The average Bonchev–Trinajstić information content (AvgIpc) is 2.26. The second-order valence-corrected chi connectivity index (χ2v) is 10.2. The van der Waals surface area contributed by atoms with Gasteiger partial charge in [-0.2, -0.15) is 0 Å². The van der Waals surface area contributed by atoms with Crippen LogP contribution in [0.2, 0.25) is 0 Å². The van der Waals surface area contributed by atoms with Crippen LogP contribution in [0.15, 0.2) is 0 Å². The minimum Gasteiger partial charge on any atom is -0.390 e. The maximum absolute atomic E-state index is 12.6. The first-order valence-corrected chi connectivity index (χ1v) is 10.1. The van der Waals surface area contributed by atoms with E-state index in [1.54, 1.807) is 0 Å². The SMILES string of the molecule is CC1CC(O)C(OP(C)(=O)OC(C)(C)C)C(COC(C)(C)C)O1. The predicted octanol–water partition coefficient (Wildman–Crippen LogP) is 3.36. The molecule has 0 radical (unpaired) electrons. The second kappa shape index (κ2) is 7.51. The highest BCUT2D eigenvalue weighted by atomic mass is 31.2. The molecule has 1 fully saturated rings. The molecule has 5 atom stereocenters. The summed E-state index contributed by atoms with van der Waals surface area (Å²) in [5.74, 6) is 0. The highest BCUT2D eigenvalue weighted by Gasteiger charge is 2.42.